The molecule has 1 amide bonds. The Labute approximate surface area is 98.4 Å². The van der Waals surface area contributed by atoms with E-state index in [0.29, 0.717) is 0 Å². The fraction of sp³-hybridized carbons (Fsp3) is 0.100. The van der Waals surface area contributed by atoms with Crippen molar-refractivity contribution in [2.75, 3.05) is 5.01 Å². The zero-order chi connectivity index (χ0) is 12.4. The first-order chi connectivity index (χ1) is 8.13. The van der Waals surface area contributed by atoms with E-state index < -0.39 is 5.91 Å². The molecule has 7 nitrogen and oxygen atoms in total. The van der Waals surface area contributed by atoms with Crippen molar-refractivity contribution in [2.45, 2.75) is 6.92 Å². The van der Waals surface area contributed by atoms with Gasteiger partial charge < -0.3 is 5.73 Å². The third-order valence-electron chi connectivity index (χ3n) is 2.44. The van der Waals surface area contributed by atoms with Crippen LogP contribution in [0, 0.1) is 6.92 Å². The van der Waals surface area contributed by atoms with Gasteiger partial charge in [-0.05, 0) is 19.1 Å². The number of benzene rings is 1. The minimum atomic E-state index is -0.482. The molecule has 0 aliphatic carbocycles. The molecule has 0 saturated heterocycles. The summed E-state index contributed by atoms with van der Waals surface area (Å²) < 4.78 is 0. The average molecular weight is 234 g/mol. The molecule has 1 heterocycles. The second-order valence-corrected chi connectivity index (χ2v) is 3.64. The average Bonchev–Trinajstić information content (AvgIpc) is 2.71. The third kappa shape index (κ3) is 2.01. The van der Waals surface area contributed by atoms with E-state index in [1.54, 1.807) is 5.01 Å². The van der Waals surface area contributed by atoms with Gasteiger partial charge in [0.2, 0.25) is 0 Å². The Morgan fingerprint density at radius 3 is 2.59 bits per heavy atom. The molecule has 1 aliphatic rings. The molecule has 0 aromatic heterocycles. The van der Waals surface area contributed by atoms with E-state index >= 15 is 0 Å². The lowest BCUT2D eigenvalue weighted by molar-refractivity contribution is -0.117. The molecule has 7 N–H and O–H groups in total. The van der Waals surface area contributed by atoms with E-state index in [0.717, 1.165) is 11.3 Å². The van der Waals surface area contributed by atoms with Crippen molar-refractivity contribution in [3.63, 3.8) is 0 Å². The summed E-state index contributed by atoms with van der Waals surface area (Å²) in [7, 11) is 0. The molecule has 1 aromatic carbocycles. The maximum Gasteiger partial charge on any atom is 0.286 e. The van der Waals surface area contributed by atoms with E-state index in [1.807, 2.05) is 36.6 Å². The molecule has 0 atom stereocenters. The van der Waals surface area contributed by atoms with Gasteiger partial charge in [0.1, 0.15) is 0 Å². The first-order valence-electron chi connectivity index (χ1n) is 5.02. The molecular formula is C10H14N6O. The van der Waals surface area contributed by atoms with Crippen molar-refractivity contribution < 1.29 is 4.79 Å². The monoisotopic (exact) mass is 234 g/mol. The number of hydrazine groups is 3. The number of nitrogens with two attached hydrogens (primary N) is 2. The highest BCUT2D eigenvalue weighted by Gasteiger charge is 2.25. The summed E-state index contributed by atoms with van der Waals surface area (Å²) in [6.45, 7) is 1.99. The number of nitrogens with one attached hydrogen (secondary N) is 3. The summed E-state index contributed by atoms with van der Waals surface area (Å²) >= 11 is 0. The van der Waals surface area contributed by atoms with Gasteiger partial charge in [0, 0.05) is 0 Å². The Bertz CT molecular complexity index is 466. The van der Waals surface area contributed by atoms with Crippen LogP contribution < -0.4 is 33.0 Å². The van der Waals surface area contributed by atoms with E-state index in [1.165, 1.54) is 0 Å². The quantitative estimate of drug-likeness (QED) is 0.254. The van der Waals surface area contributed by atoms with E-state index in [9.17, 15) is 4.79 Å². The molecule has 0 unspecified atom stereocenters. The largest absolute Gasteiger partial charge is 0.382 e. The lowest BCUT2D eigenvalue weighted by atomic mass is 10.2. The SMILES string of the molecule is Cc1ccc(N2NNC(C(=O)NN)=C2N)cc1. The van der Waals surface area contributed by atoms with Gasteiger partial charge >= 0.3 is 0 Å². The summed E-state index contributed by atoms with van der Waals surface area (Å²) in [4.78, 5) is 11.4. The Balaban J connectivity index is 2.28. The molecule has 0 bridgehead atoms. The Kier molecular flexibility index (Phi) is 2.86. The minimum absolute atomic E-state index is 0.188. The third-order valence-corrected chi connectivity index (χ3v) is 2.44. The number of hydrogen-bond donors (Lipinski definition) is 5. The van der Waals surface area contributed by atoms with Crippen molar-refractivity contribution in [1.29, 1.82) is 0 Å². The maximum absolute atomic E-state index is 11.4. The molecule has 0 fully saturated rings. The minimum Gasteiger partial charge on any atom is -0.382 e. The predicted molar refractivity (Wildman–Crippen MR) is 63.5 cm³/mol. The van der Waals surface area contributed by atoms with Gasteiger partial charge in [-0.1, -0.05) is 17.7 Å². The zero-order valence-corrected chi connectivity index (χ0v) is 9.32. The Morgan fingerprint density at radius 2 is 2.00 bits per heavy atom. The number of anilines is 1. The molecule has 0 radical (unpaired) electrons. The second kappa shape index (κ2) is 4.32. The first kappa shape index (κ1) is 11.2. The van der Waals surface area contributed by atoms with Crippen molar-refractivity contribution in [1.82, 2.24) is 16.4 Å². The lowest BCUT2D eigenvalue weighted by Gasteiger charge is -2.18. The van der Waals surface area contributed by atoms with Crippen molar-refractivity contribution in [3.05, 3.63) is 41.3 Å². The van der Waals surface area contributed by atoms with Crippen LogP contribution in [0.5, 0.6) is 0 Å². The highest BCUT2D eigenvalue weighted by Crippen LogP contribution is 2.19. The van der Waals surface area contributed by atoms with Crippen molar-refractivity contribution >= 4 is 11.6 Å². The number of aryl methyl sites for hydroxylation is 1. The van der Waals surface area contributed by atoms with Crippen LogP contribution in [0.15, 0.2) is 35.8 Å². The molecule has 1 aromatic rings. The highest BCUT2D eigenvalue weighted by atomic mass is 16.2. The number of nitrogens with zero attached hydrogens (tertiary/aromatic N) is 1. The molecule has 1 aliphatic heterocycles. The van der Waals surface area contributed by atoms with Crippen LogP contribution in [-0.4, -0.2) is 5.91 Å². The fourth-order valence-electron chi connectivity index (χ4n) is 1.49. The maximum atomic E-state index is 11.4. The van der Waals surface area contributed by atoms with Crippen LogP contribution in [0.2, 0.25) is 0 Å². The summed E-state index contributed by atoms with van der Waals surface area (Å²) in [5.41, 5.74) is 15.4. The van der Waals surface area contributed by atoms with Gasteiger partial charge in [0.05, 0.1) is 5.69 Å². The molecular weight excluding hydrogens is 220 g/mol. The van der Waals surface area contributed by atoms with Crippen LogP contribution in [-0.2, 0) is 4.79 Å². The normalized spacial score (nSPS) is 14.8. The summed E-state index contributed by atoms with van der Waals surface area (Å²) in [5.74, 6) is 4.82. The summed E-state index contributed by atoms with van der Waals surface area (Å²) in [6, 6.07) is 7.68. The van der Waals surface area contributed by atoms with Crippen LogP contribution in [0.3, 0.4) is 0 Å². The Hall–Kier alpha value is -2.25. The number of rotatable bonds is 2. The van der Waals surface area contributed by atoms with Crippen LogP contribution in [0.25, 0.3) is 0 Å². The Morgan fingerprint density at radius 1 is 1.35 bits per heavy atom. The zero-order valence-electron chi connectivity index (χ0n) is 9.32. The molecule has 90 valence electrons. The van der Waals surface area contributed by atoms with Gasteiger partial charge in [-0.25, -0.2) is 10.9 Å². The molecule has 0 saturated carbocycles. The summed E-state index contributed by atoms with van der Waals surface area (Å²) in [6.07, 6.45) is 0. The standard InChI is InChI=1S/C10H14N6O/c1-6-2-4-7(5-3-6)16-9(11)8(14-15-16)10(17)13-12/h2-5,14-15H,11-12H2,1H3,(H,13,17). The van der Waals surface area contributed by atoms with Gasteiger partial charge in [-0.15, -0.1) is 5.53 Å². The summed E-state index contributed by atoms with van der Waals surface area (Å²) in [5, 5.41) is 1.56. The van der Waals surface area contributed by atoms with Gasteiger partial charge in [-0.2, -0.15) is 0 Å². The van der Waals surface area contributed by atoms with Crippen LogP contribution >= 0.6 is 0 Å². The van der Waals surface area contributed by atoms with Crippen molar-refractivity contribution in [2.24, 2.45) is 11.6 Å². The van der Waals surface area contributed by atoms with E-state index in [-0.39, 0.29) is 11.5 Å². The van der Waals surface area contributed by atoms with Gasteiger partial charge in [0.15, 0.2) is 11.5 Å². The smallest absolute Gasteiger partial charge is 0.286 e. The predicted octanol–water partition coefficient (Wildman–Crippen LogP) is -1.06. The van der Waals surface area contributed by atoms with E-state index in [4.69, 9.17) is 11.6 Å². The molecule has 17 heavy (non-hydrogen) atoms. The molecule has 7 heteroatoms. The van der Waals surface area contributed by atoms with Gasteiger partial charge in [0.25, 0.3) is 5.91 Å². The van der Waals surface area contributed by atoms with Crippen LogP contribution in [0.1, 0.15) is 5.56 Å². The van der Waals surface area contributed by atoms with Crippen molar-refractivity contribution in [3.8, 4) is 0 Å². The fourth-order valence-corrected chi connectivity index (χ4v) is 1.49. The molecule has 0 spiro atoms. The number of carbonyl (C=O) groups excluding carboxylic acids is 1. The highest BCUT2D eigenvalue weighted by molar-refractivity contribution is 5.94. The number of amides is 1. The lowest BCUT2D eigenvalue weighted by Crippen LogP contribution is -2.41. The number of hydrogen-bond acceptors (Lipinski definition) is 6. The van der Waals surface area contributed by atoms with Crippen LogP contribution in [0.4, 0.5) is 5.69 Å². The van der Waals surface area contributed by atoms with E-state index in [2.05, 4.69) is 11.0 Å². The van der Waals surface area contributed by atoms with Gasteiger partial charge in [-0.3, -0.25) is 15.6 Å². The molecule has 2 rings (SSSR count). The topological polar surface area (TPSA) is 108 Å². The first-order valence-corrected chi connectivity index (χ1v) is 5.02. The second-order valence-electron chi connectivity index (χ2n) is 3.64. The number of carbonyl (C=O) groups is 1.